The summed E-state index contributed by atoms with van der Waals surface area (Å²) in [6.45, 7) is 3.33. The maximum atomic E-state index is 13.3. The minimum atomic E-state index is -3.28. The second kappa shape index (κ2) is 8.68. The predicted molar refractivity (Wildman–Crippen MR) is 117 cm³/mol. The zero-order chi connectivity index (χ0) is 21.1. The third-order valence-electron chi connectivity index (χ3n) is 6.01. The van der Waals surface area contributed by atoms with Crippen LogP contribution in [0.15, 0.2) is 53.1 Å². The van der Waals surface area contributed by atoms with Crippen molar-refractivity contribution >= 4 is 15.7 Å². The van der Waals surface area contributed by atoms with Crippen LogP contribution in [0.2, 0.25) is 0 Å². The van der Waals surface area contributed by atoms with Crippen molar-refractivity contribution in [2.75, 3.05) is 12.3 Å². The number of rotatable bonds is 6. The van der Waals surface area contributed by atoms with Gasteiger partial charge in [0.1, 0.15) is 5.69 Å². The number of H-pyrrole nitrogens is 1. The van der Waals surface area contributed by atoms with E-state index in [4.69, 9.17) is 0 Å². The fourth-order valence-electron chi connectivity index (χ4n) is 4.44. The molecule has 0 radical (unpaired) electrons. The van der Waals surface area contributed by atoms with E-state index in [0.29, 0.717) is 35.7 Å². The molecule has 30 heavy (non-hydrogen) atoms. The monoisotopic (exact) mass is 427 g/mol. The number of carbonyl (C=O) groups excluding carboxylic acids is 1. The average Bonchev–Trinajstić information content (AvgIpc) is 3.20. The number of fused-ring (bicyclic) bond motifs is 1. The lowest BCUT2D eigenvalue weighted by atomic mass is 9.96. The van der Waals surface area contributed by atoms with Crippen molar-refractivity contribution < 1.29 is 13.2 Å². The number of amides is 1. The maximum absolute atomic E-state index is 13.3. The summed E-state index contributed by atoms with van der Waals surface area (Å²) in [6, 6.07) is 11.9. The molecule has 1 aliphatic carbocycles. The van der Waals surface area contributed by atoms with Gasteiger partial charge in [-0.2, -0.15) is 0 Å². The summed E-state index contributed by atoms with van der Waals surface area (Å²) in [5.74, 6) is 0.0451. The van der Waals surface area contributed by atoms with E-state index in [1.54, 1.807) is 6.07 Å². The fraction of sp³-hybridized carbons (Fsp3) is 0.435. The lowest BCUT2D eigenvalue weighted by Gasteiger charge is -2.34. The molecule has 1 aromatic heterocycles. The molecule has 1 amide bonds. The first-order chi connectivity index (χ1) is 14.5. The number of carbonyl (C=O) groups is 1. The molecule has 1 aromatic carbocycles. The first-order valence-corrected chi connectivity index (χ1v) is 12.4. The van der Waals surface area contributed by atoms with Gasteiger partial charge in [0.05, 0.1) is 10.6 Å². The summed E-state index contributed by atoms with van der Waals surface area (Å²) in [5, 5.41) is 3.51. The summed E-state index contributed by atoms with van der Waals surface area (Å²) in [7, 11) is -3.28. The van der Waals surface area contributed by atoms with Gasteiger partial charge in [0, 0.05) is 36.9 Å². The number of allylic oxidation sites excluding steroid dienone is 1. The number of sulfone groups is 1. The standard InChI is InChI=1S/C23H29N3O3S/c1-2-26(23(27)21-15-22-20(25-21)12-7-13-30(22,28)29)19-11-6-10-18(14-19)24-16-17-8-4-3-5-9-17/h3-5,8-10,15,19,24-25H,2,6-7,11-14,16H2,1H3/t19-/m0/s1. The van der Waals surface area contributed by atoms with Crippen LogP contribution in [0, 0.1) is 0 Å². The third kappa shape index (κ3) is 4.31. The number of aromatic nitrogens is 1. The highest BCUT2D eigenvalue weighted by Gasteiger charge is 2.31. The molecule has 160 valence electrons. The predicted octanol–water partition coefficient (Wildman–Crippen LogP) is 3.42. The fourth-order valence-corrected chi connectivity index (χ4v) is 6.01. The van der Waals surface area contributed by atoms with Crippen molar-refractivity contribution in [2.45, 2.75) is 56.5 Å². The summed E-state index contributed by atoms with van der Waals surface area (Å²) < 4.78 is 24.6. The zero-order valence-corrected chi connectivity index (χ0v) is 18.2. The minimum Gasteiger partial charge on any atom is -0.384 e. The molecule has 2 aromatic rings. The van der Waals surface area contributed by atoms with Crippen molar-refractivity contribution in [3.05, 3.63) is 65.1 Å². The molecular formula is C23H29N3O3S. The lowest BCUT2D eigenvalue weighted by Crippen LogP contribution is -2.42. The van der Waals surface area contributed by atoms with Crippen LogP contribution in [-0.4, -0.2) is 42.5 Å². The Morgan fingerprint density at radius 2 is 2.07 bits per heavy atom. The summed E-state index contributed by atoms with van der Waals surface area (Å²) in [5.41, 5.74) is 3.45. The molecule has 0 saturated heterocycles. The lowest BCUT2D eigenvalue weighted by molar-refractivity contribution is 0.0668. The molecule has 2 aliphatic rings. The number of nitrogens with one attached hydrogen (secondary N) is 2. The van der Waals surface area contributed by atoms with E-state index >= 15 is 0 Å². The van der Waals surface area contributed by atoms with Crippen LogP contribution >= 0.6 is 0 Å². The number of hydrogen-bond acceptors (Lipinski definition) is 4. The Morgan fingerprint density at radius 1 is 1.27 bits per heavy atom. The highest BCUT2D eigenvalue weighted by atomic mass is 32.2. The highest BCUT2D eigenvalue weighted by molar-refractivity contribution is 7.91. The number of nitrogens with zero attached hydrogens (tertiary/aromatic N) is 1. The molecule has 1 atom stereocenters. The van der Waals surface area contributed by atoms with Crippen LogP contribution in [0.4, 0.5) is 0 Å². The van der Waals surface area contributed by atoms with Crippen LogP contribution in [0.1, 0.15) is 54.4 Å². The largest absolute Gasteiger partial charge is 0.384 e. The quantitative estimate of drug-likeness (QED) is 0.740. The van der Waals surface area contributed by atoms with Gasteiger partial charge in [-0.1, -0.05) is 36.4 Å². The van der Waals surface area contributed by atoms with Gasteiger partial charge >= 0.3 is 0 Å². The Kier molecular flexibility index (Phi) is 5.99. The highest BCUT2D eigenvalue weighted by Crippen LogP contribution is 2.28. The van der Waals surface area contributed by atoms with Crippen LogP contribution in [-0.2, 0) is 22.8 Å². The van der Waals surface area contributed by atoms with Crippen LogP contribution in [0.5, 0.6) is 0 Å². The first kappa shape index (κ1) is 20.7. The van der Waals surface area contributed by atoms with E-state index in [0.717, 1.165) is 31.5 Å². The molecule has 7 heteroatoms. The van der Waals surface area contributed by atoms with E-state index in [1.807, 2.05) is 30.0 Å². The van der Waals surface area contributed by atoms with Gasteiger partial charge in [-0.05, 0) is 44.2 Å². The van der Waals surface area contributed by atoms with Crippen molar-refractivity contribution in [3.8, 4) is 0 Å². The number of hydrogen-bond donors (Lipinski definition) is 2. The molecule has 1 aliphatic heterocycles. The topological polar surface area (TPSA) is 82.3 Å². The molecule has 2 N–H and O–H groups in total. The SMILES string of the molecule is CCN(C(=O)c1cc2c([nH]1)CCCS2(=O)=O)[C@H]1CCC=C(NCc2ccccc2)C1. The Balaban J connectivity index is 1.45. The molecule has 0 spiro atoms. The van der Waals surface area contributed by atoms with E-state index < -0.39 is 9.84 Å². The summed E-state index contributed by atoms with van der Waals surface area (Å²) in [4.78, 5) is 18.5. The van der Waals surface area contributed by atoms with E-state index in [2.05, 4.69) is 28.5 Å². The van der Waals surface area contributed by atoms with Crippen molar-refractivity contribution in [2.24, 2.45) is 0 Å². The van der Waals surface area contributed by atoms with Crippen molar-refractivity contribution in [1.82, 2.24) is 15.2 Å². The molecule has 4 rings (SSSR count). The second-order valence-corrected chi connectivity index (χ2v) is 10.1. The van der Waals surface area contributed by atoms with Gasteiger partial charge in [0.15, 0.2) is 9.84 Å². The molecule has 0 fully saturated rings. The van der Waals surface area contributed by atoms with Crippen LogP contribution in [0.25, 0.3) is 0 Å². The smallest absolute Gasteiger partial charge is 0.270 e. The normalized spacial score (nSPS) is 20.2. The zero-order valence-electron chi connectivity index (χ0n) is 17.4. The van der Waals surface area contributed by atoms with Crippen LogP contribution in [0.3, 0.4) is 0 Å². The van der Waals surface area contributed by atoms with E-state index in [-0.39, 0.29) is 17.7 Å². The number of aryl methyl sites for hydroxylation is 1. The molecule has 2 heterocycles. The van der Waals surface area contributed by atoms with Gasteiger partial charge < -0.3 is 15.2 Å². The van der Waals surface area contributed by atoms with Gasteiger partial charge in [0.25, 0.3) is 5.91 Å². The molecule has 0 unspecified atom stereocenters. The average molecular weight is 428 g/mol. The summed E-state index contributed by atoms with van der Waals surface area (Å²) >= 11 is 0. The van der Waals surface area contributed by atoms with Gasteiger partial charge in [0.2, 0.25) is 0 Å². The Labute approximate surface area is 178 Å². The summed E-state index contributed by atoms with van der Waals surface area (Å²) in [6.07, 6.45) is 6.11. The number of aromatic amines is 1. The Morgan fingerprint density at radius 3 is 2.80 bits per heavy atom. The Bertz CT molecular complexity index is 1040. The molecular weight excluding hydrogens is 398 g/mol. The van der Waals surface area contributed by atoms with E-state index in [9.17, 15) is 13.2 Å². The minimum absolute atomic E-state index is 0.0997. The first-order valence-electron chi connectivity index (χ1n) is 10.7. The molecule has 0 bridgehead atoms. The third-order valence-corrected chi connectivity index (χ3v) is 7.88. The molecule has 0 saturated carbocycles. The van der Waals surface area contributed by atoms with Gasteiger partial charge in [-0.3, -0.25) is 4.79 Å². The van der Waals surface area contributed by atoms with E-state index in [1.165, 1.54) is 5.56 Å². The molecule has 6 nitrogen and oxygen atoms in total. The maximum Gasteiger partial charge on any atom is 0.270 e. The van der Waals surface area contributed by atoms with Crippen molar-refractivity contribution in [1.29, 1.82) is 0 Å². The van der Waals surface area contributed by atoms with Crippen LogP contribution < -0.4 is 5.32 Å². The van der Waals surface area contributed by atoms with Crippen molar-refractivity contribution in [3.63, 3.8) is 0 Å². The Hall–Kier alpha value is -2.54. The van der Waals surface area contributed by atoms with Gasteiger partial charge in [-0.15, -0.1) is 0 Å². The second-order valence-electron chi connectivity index (χ2n) is 8.04. The number of benzene rings is 1. The van der Waals surface area contributed by atoms with Gasteiger partial charge in [-0.25, -0.2) is 8.42 Å².